The van der Waals surface area contributed by atoms with Gasteiger partial charge in [-0.15, -0.1) is 0 Å². The molecule has 4 nitrogen and oxygen atoms in total. The summed E-state index contributed by atoms with van der Waals surface area (Å²) in [5.41, 5.74) is 1.90. The Morgan fingerprint density at radius 1 is 1.20 bits per heavy atom. The lowest BCUT2D eigenvalue weighted by atomic mass is 10.1. The van der Waals surface area contributed by atoms with E-state index in [1.165, 1.54) is 0 Å². The van der Waals surface area contributed by atoms with E-state index in [9.17, 15) is 0 Å². The molecule has 2 aromatic rings. The van der Waals surface area contributed by atoms with Crippen molar-refractivity contribution in [1.29, 1.82) is 0 Å². The number of aromatic nitrogens is 1. The molecule has 136 valence electrons. The van der Waals surface area contributed by atoms with Crippen LogP contribution < -0.4 is 0 Å². The summed E-state index contributed by atoms with van der Waals surface area (Å²) in [6.45, 7) is 14.0. The van der Waals surface area contributed by atoms with Crippen LogP contribution in [0, 0.1) is 0 Å². The first kappa shape index (κ1) is 19.6. The number of pyridine rings is 1. The first-order valence-corrected chi connectivity index (χ1v) is 11.8. The molecule has 0 amide bonds. The van der Waals surface area contributed by atoms with Gasteiger partial charge < -0.3 is 9.26 Å². The van der Waals surface area contributed by atoms with Gasteiger partial charge in [-0.25, -0.2) is 0 Å². The number of para-hydroxylation sites is 1. The van der Waals surface area contributed by atoms with Crippen LogP contribution in [-0.2, 0) is 9.26 Å². The van der Waals surface area contributed by atoms with Crippen LogP contribution in [-0.4, -0.2) is 32.2 Å². The third kappa shape index (κ3) is 5.38. The van der Waals surface area contributed by atoms with E-state index in [4.69, 9.17) is 9.26 Å². The molecule has 1 unspecified atom stereocenters. The standard InChI is InChI=1S/C20H30N2O2Si/c1-16(12-14-23-25(5,6)20(2,3)4)24-22-15-18-10-7-9-17-11-8-13-21-19(17)18/h7-11,13,15-16H,12,14H2,1-6H3/b22-15+. The van der Waals surface area contributed by atoms with Gasteiger partial charge in [-0.05, 0) is 31.1 Å². The molecule has 0 aliphatic heterocycles. The molecule has 0 saturated heterocycles. The van der Waals surface area contributed by atoms with Gasteiger partial charge in [0.15, 0.2) is 8.32 Å². The summed E-state index contributed by atoms with van der Waals surface area (Å²) >= 11 is 0. The van der Waals surface area contributed by atoms with Crippen LogP contribution in [0.5, 0.6) is 0 Å². The number of rotatable bonds is 7. The zero-order valence-corrected chi connectivity index (χ0v) is 17.2. The van der Waals surface area contributed by atoms with E-state index in [2.05, 4.69) is 44.0 Å². The minimum absolute atomic E-state index is 0.0175. The molecule has 2 rings (SSSR count). The Balaban J connectivity index is 1.85. The van der Waals surface area contributed by atoms with E-state index in [1.54, 1.807) is 12.4 Å². The van der Waals surface area contributed by atoms with E-state index in [-0.39, 0.29) is 11.1 Å². The molecule has 0 aliphatic rings. The van der Waals surface area contributed by atoms with Crippen LogP contribution in [0.4, 0.5) is 0 Å². The molecule has 1 atom stereocenters. The fraction of sp³-hybridized carbons (Fsp3) is 0.500. The normalized spacial score (nSPS) is 14.2. The molecule has 1 aromatic heterocycles. The molecule has 25 heavy (non-hydrogen) atoms. The Morgan fingerprint density at radius 3 is 2.64 bits per heavy atom. The maximum Gasteiger partial charge on any atom is 0.191 e. The summed E-state index contributed by atoms with van der Waals surface area (Å²) in [7, 11) is -1.69. The van der Waals surface area contributed by atoms with Gasteiger partial charge in [0.2, 0.25) is 0 Å². The van der Waals surface area contributed by atoms with E-state index in [0.717, 1.165) is 22.9 Å². The van der Waals surface area contributed by atoms with Crippen LogP contribution in [0.15, 0.2) is 41.7 Å². The number of benzene rings is 1. The smallest absolute Gasteiger partial charge is 0.191 e. The molecule has 0 spiro atoms. The second-order valence-corrected chi connectivity index (χ2v) is 12.8. The molecule has 0 saturated carbocycles. The number of hydrogen-bond acceptors (Lipinski definition) is 4. The Labute approximate surface area is 152 Å². The largest absolute Gasteiger partial charge is 0.417 e. The van der Waals surface area contributed by atoms with Gasteiger partial charge in [0.25, 0.3) is 0 Å². The van der Waals surface area contributed by atoms with Crippen LogP contribution in [0.1, 0.15) is 39.7 Å². The highest BCUT2D eigenvalue weighted by atomic mass is 28.4. The van der Waals surface area contributed by atoms with Crippen molar-refractivity contribution in [1.82, 2.24) is 4.98 Å². The summed E-state index contributed by atoms with van der Waals surface area (Å²) in [4.78, 5) is 9.99. The number of hydrogen-bond donors (Lipinski definition) is 0. The van der Waals surface area contributed by atoms with Gasteiger partial charge in [0.1, 0.15) is 6.10 Å². The molecule has 5 heteroatoms. The lowest BCUT2D eigenvalue weighted by Crippen LogP contribution is -2.41. The molecule has 0 N–H and O–H groups in total. The molecular weight excluding hydrogens is 328 g/mol. The van der Waals surface area contributed by atoms with Crippen LogP contribution in [0.2, 0.25) is 18.1 Å². The second kappa shape index (κ2) is 8.10. The Kier molecular flexibility index (Phi) is 6.35. The molecule has 1 aromatic carbocycles. The highest BCUT2D eigenvalue weighted by Crippen LogP contribution is 2.36. The molecule has 0 aliphatic carbocycles. The molecule has 1 heterocycles. The van der Waals surface area contributed by atoms with Gasteiger partial charge in [0.05, 0.1) is 11.7 Å². The van der Waals surface area contributed by atoms with Gasteiger partial charge in [-0.1, -0.05) is 50.2 Å². The average molecular weight is 359 g/mol. The SMILES string of the molecule is CC(CCO[Si](C)(C)C(C)(C)C)O/N=C/c1cccc2cccnc12. The minimum Gasteiger partial charge on any atom is -0.417 e. The van der Waals surface area contributed by atoms with Crippen molar-refractivity contribution in [2.75, 3.05) is 6.61 Å². The van der Waals surface area contributed by atoms with E-state index < -0.39 is 8.32 Å². The zero-order valence-electron chi connectivity index (χ0n) is 16.2. The van der Waals surface area contributed by atoms with Crippen molar-refractivity contribution in [3.8, 4) is 0 Å². The highest BCUT2D eigenvalue weighted by Gasteiger charge is 2.36. The summed E-state index contributed by atoms with van der Waals surface area (Å²) in [5.74, 6) is 0. The average Bonchev–Trinajstić information content (AvgIpc) is 2.54. The van der Waals surface area contributed by atoms with Crippen LogP contribution in [0.25, 0.3) is 10.9 Å². The van der Waals surface area contributed by atoms with E-state index in [1.807, 2.05) is 37.3 Å². The molecule has 0 fully saturated rings. The Hall–Kier alpha value is -1.72. The third-order valence-electron chi connectivity index (χ3n) is 4.89. The maximum absolute atomic E-state index is 6.18. The van der Waals surface area contributed by atoms with Crippen LogP contribution >= 0.6 is 0 Å². The summed E-state index contributed by atoms with van der Waals surface area (Å²) < 4.78 is 6.18. The van der Waals surface area contributed by atoms with Crippen molar-refractivity contribution in [3.63, 3.8) is 0 Å². The van der Waals surface area contributed by atoms with Crippen molar-refractivity contribution < 1.29 is 9.26 Å². The van der Waals surface area contributed by atoms with Crippen molar-refractivity contribution in [2.45, 2.75) is 58.4 Å². The van der Waals surface area contributed by atoms with Gasteiger partial charge >= 0.3 is 0 Å². The van der Waals surface area contributed by atoms with E-state index >= 15 is 0 Å². The summed E-state index contributed by atoms with van der Waals surface area (Å²) in [6.07, 6.45) is 4.38. The van der Waals surface area contributed by atoms with Gasteiger partial charge in [-0.3, -0.25) is 4.98 Å². The molecule has 0 radical (unpaired) electrons. The Morgan fingerprint density at radius 2 is 1.92 bits per heavy atom. The monoisotopic (exact) mass is 358 g/mol. The fourth-order valence-corrected chi connectivity index (χ4v) is 3.23. The second-order valence-electron chi connectivity index (χ2n) is 7.97. The summed E-state index contributed by atoms with van der Waals surface area (Å²) in [6, 6.07) is 10.0. The molecule has 0 bridgehead atoms. The Bertz CT molecular complexity index is 718. The number of nitrogens with zero attached hydrogens (tertiary/aromatic N) is 2. The van der Waals surface area contributed by atoms with Crippen molar-refractivity contribution >= 4 is 25.4 Å². The van der Waals surface area contributed by atoms with Crippen molar-refractivity contribution in [2.24, 2.45) is 5.16 Å². The van der Waals surface area contributed by atoms with Gasteiger partial charge in [-0.2, -0.15) is 0 Å². The topological polar surface area (TPSA) is 43.7 Å². The highest BCUT2D eigenvalue weighted by molar-refractivity contribution is 6.74. The first-order valence-electron chi connectivity index (χ1n) is 8.87. The maximum atomic E-state index is 6.18. The molecular formula is C20H30N2O2Si. The van der Waals surface area contributed by atoms with Crippen LogP contribution in [0.3, 0.4) is 0 Å². The minimum atomic E-state index is -1.69. The lowest BCUT2D eigenvalue weighted by molar-refractivity contribution is 0.0555. The quantitative estimate of drug-likeness (QED) is 0.379. The number of fused-ring (bicyclic) bond motifs is 1. The fourth-order valence-electron chi connectivity index (χ4n) is 2.17. The number of oxime groups is 1. The van der Waals surface area contributed by atoms with Gasteiger partial charge in [0, 0.05) is 30.2 Å². The lowest BCUT2D eigenvalue weighted by Gasteiger charge is -2.36. The predicted octanol–water partition coefficient (Wildman–Crippen LogP) is 5.39. The zero-order chi connectivity index (χ0) is 18.5. The summed E-state index contributed by atoms with van der Waals surface area (Å²) in [5, 5.41) is 5.48. The van der Waals surface area contributed by atoms with E-state index in [0.29, 0.717) is 6.61 Å². The third-order valence-corrected chi connectivity index (χ3v) is 9.43. The van der Waals surface area contributed by atoms with Crippen molar-refractivity contribution in [3.05, 3.63) is 42.1 Å². The first-order chi connectivity index (χ1) is 11.7. The predicted molar refractivity (Wildman–Crippen MR) is 108 cm³/mol.